The van der Waals surface area contributed by atoms with Crippen LogP contribution in [-0.4, -0.2) is 5.91 Å². The maximum Gasteiger partial charge on any atom is 0.262 e. The van der Waals surface area contributed by atoms with Crippen molar-refractivity contribution < 1.29 is 4.79 Å². The number of nitrogens with zero attached hydrogens (tertiary/aromatic N) is 1. The second kappa shape index (κ2) is 6.69. The number of benzene rings is 1. The first kappa shape index (κ1) is 14.0. The van der Waals surface area contributed by atoms with Crippen LogP contribution >= 0.6 is 11.3 Å². The van der Waals surface area contributed by atoms with Crippen molar-refractivity contribution in [3.8, 4) is 6.07 Å². The van der Waals surface area contributed by atoms with Crippen molar-refractivity contribution in [3.05, 3.63) is 63.9 Å². The summed E-state index contributed by atoms with van der Waals surface area (Å²) in [6.45, 7) is 1.90. The molecule has 1 aromatic carbocycles. The molecule has 0 spiro atoms. The molecule has 0 fully saturated rings. The van der Waals surface area contributed by atoms with Crippen molar-refractivity contribution >= 4 is 23.3 Å². The van der Waals surface area contributed by atoms with E-state index < -0.39 is 0 Å². The second-order valence-electron chi connectivity index (χ2n) is 4.29. The van der Waals surface area contributed by atoms with E-state index in [2.05, 4.69) is 5.32 Å². The average Bonchev–Trinajstić information content (AvgIpc) is 2.98. The number of carbonyl (C=O) groups excluding carboxylic acids is 1. The van der Waals surface area contributed by atoms with E-state index in [1.807, 2.05) is 60.8 Å². The molecule has 1 aromatic heterocycles. The molecule has 0 aliphatic rings. The van der Waals surface area contributed by atoms with Gasteiger partial charge in [-0.15, -0.1) is 11.3 Å². The summed E-state index contributed by atoms with van der Waals surface area (Å²) in [5.41, 5.74) is 1.13. The maximum absolute atomic E-state index is 12.1. The fourth-order valence-corrected chi connectivity index (χ4v) is 2.42. The van der Waals surface area contributed by atoms with Crippen molar-refractivity contribution in [1.82, 2.24) is 5.32 Å². The minimum Gasteiger partial charge on any atom is -0.345 e. The number of rotatable bonds is 4. The summed E-state index contributed by atoms with van der Waals surface area (Å²) < 4.78 is 0. The highest BCUT2D eigenvalue weighted by atomic mass is 32.1. The summed E-state index contributed by atoms with van der Waals surface area (Å²) in [5.74, 6) is -0.350. The molecule has 20 heavy (non-hydrogen) atoms. The van der Waals surface area contributed by atoms with Gasteiger partial charge in [-0.3, -0.25) is 4.79 Å². The first-order valence-corrected chi connectivity index (χ1v) is 7.10. The van der Waals surface area contributed by atoms with Gasteiger partial charge in [0.2, 0.25) is 0 Å². The number of thiophene rings is 1. The topological polar surface area (TPSA) is 52.9 Å². The van der Waals surface area contributed by atoms with E-state index in [4.69, 9.17) is 5.26 Å². The lowest BCUT2D eigenvalue weighted by Crippen LogP contribution is -2.27. The first-order valence-electron chi connectivity index (χ1n) is 6.22. The lowest BCUT2D eigenvalue weighted by molar-refractivity contribution is -0.117. The molecular weight excluding hydrogens is 268 g/mol. The molecular formula is C16H14N2OS. The number of hydrogen-bond acceptors (Lipinski definition) is 3. The minimum absolute atomic E-state index is 0.121. The molecule has 2 rings (SSSR count). The van der Waals surface area contributed by atoms with Crippen molar-refractivity contribution in [2.75, 3.05) is 0 Å². The largest absolute Gasteiger partial charge is 0.345 e. The van der Waals surface area contributed by atoms with Crippen molar-refractivity contribution in [2.24, 2.45) is 0 Å². The van der Waals surface area contributed by atoms with Gasteiger partial charge >= 0.3 is 0 Å². The summed E-state index contributed by atoms with van der Waals surface area (Å²) in [5, 5.41) is 13.8. The van der Waals surface area contributed by atoms with Crippen molar-refractivity contribution in [3.63, 3.8) is 0 Å². The molecule has 0 radical (unpaired) electrons. The molecule has 0 bridgehead atoms. The molecule has 4 heteroatoms. The second-order valence-corrected chi connectivity index (χ2v) is 5.27. The Bertz CT molecular complexity index is 639. The van der Waals surface area contributed by atoms with Gasteiger partial charge in [0, 0.05) is 4.88 Å². The Kier molecular flexibility index (Phi) is 4.70. The van der Waals surface area contributed by atoms with Crippen LogP contribution in [0.2, 0.25) is 0 Å². The van der Waals surface area contributed by atoms with Gasteiger partial charge in [-0.05, 0) is 30.0 Å². The third kappa shape index (κ3) is 3.56. The van der Waals surface area contributed by atoms with Crippen molar-refractivity contribution in [1.29, 1.82) is 5.26 Å². The monoisotopic (exact) mass is 282 g/mol. The summed E-state index contributed by atoms with van der Waals surface area (Å²) in [6, 6.07) is 15.2. The molecule has 0 aliphatic carbocycles. The molecule has 100 valence electrons. The van der Waals surface area contributed by atoms with Gasteiger partial charge < -0.3 is 5.32 Å². The van der Waals surface area contributed by atoms with Crippen LogP contribution in [0.1, 0.15) is 23.4 Å². The van der Waals surface area contributed by atoms with Gasteiger partial charge in [-0.1, -0.05) is 36.4 Å². The molecule has 0 aliphatic heterocycles. The predicted octanol–water partition coefficient (Wildman–Crippen LogP) is 3.53. The molecule has 1 amide bonds. The summed E-state index contributed by atoms with van der Waals surface area (Å²) in [7, 11) is 0. The molecule has 0 saturated carbocycles. The molecule has 0 unspecified atom stereocenters. The molecule has 2 aromatic rings. The summed E-state index contributed by atoms with van der Waals surface area (Å²) >= 11 is 1.49. The smallest absolute Gasteiger partial charge is 0.262 e. The third-order valence-corrected chi connectivity index (χ3v) is 3.66. The Balaban J connectivity index is 2.09. The Hall–Kier alpha value is -2.38. The first-order chi connectivity index (χ1) is 9.70. The highest BCUT2D eigenvalue weighted by molar-refractivity contribution is 7.10. The standard InChI is InChI=1S/C16H14N2OS/c1-12(13-6-3-2-4-7-13)18-16(19)14(11-17)10-15-8-5-9-20-15/h2-10,12H,1H3,(H,18,19)/b14-10-/t12-/m0/s1. The number of amides is 1. The van der Waals surface area contributed by atoms with Crippen LogP contribution in [0.15, 0.2) is 53.4 Å². The zero-order chi connectivity index (χ0) is 14.4. The summed E-state index contributed by atoms with van der Waals surface area (Å²) in [4.78, 5) is 13.0. The SMILES string of the molecule is C[C@H](NC(=O)/C(C#N)=C\c1cccs1)c1ccccc1. The molecule has 1 heterocycles. The Labute approximate surface area is 122 Å². The van der Waals surface area contributed by atoms with E-state index in [0.29, 0.717) is 0 Å². The van der Waals surface area contributed by atoms with Gasteiger partial charge in [0.15, 0.2) is 0 Å². The quantitative estimate of drug-likeness (QED) is 0.689. The van der Waals surface area contributed by atoms with E-state index in [-0.39, 0.29) is 17.5 Å². The van der Waals surface area contributed by atoms with Crippen molar-refractivity contribution in [2.45, 2.75) is 13.0 Å². The number of nitrogens with one attached hydrogen (secondary N) is 1. The van der Waals surface area contributed by atoms with Gasteiger partial charge in [0.1, 0.15) is 11.6 Å². The van der Waals surface area contributed by atoms with Gasteiger partial charge in [-0.25, -0.2) is 0 Å². The lowest BCUT2D eigenvalue weighted by atomic mass is 10.1. The number of carbonyl (C=O) groups is 1. The van der Waals surface area contributed by atoms with Crippen LogP contribution in [-0.2, 0) is 4.79 Å². The van der Waals surface area contributed by atoms with Gasteiger partial charge in [-0.2, -0.15) is 5.26 Å². The van der Waals surface area contributed by atoms with E-state index in [9.17, 15) is 4.79 Å². The third-order valence-electron chi connectivity index (χ3n) is 2.84. The minimum atomic E-state index is -0.350. The van der Waals surface area contributed by atoms with Crippen LogP contribution in [0.25, 0.3) is 6.08 Å². The van der Waals surface area contributed by atoms with E-state index in [1.165, 1.54) is 11.3 Å². The van der Waals surface area contributed by atoms with Crippen LogP contribution in [0, 0.1) is 11.3 Å². The molecule has 1 N–H and O–H groups in total. The predicted molar refractivity (Wildman–Crippen MR) is 80.9 cm³/mol. The molecule has 1 atom stereocenters. The average molecular weight is 282 g/mol. The van der Waals surface area contributed by atoms with E-state index in [0.717, 1.165) is 10.4 Å². The fourth-order valence-electron chi connectivity index (χ4n) is 1.76. The number of nitriles is 1. The highest BCUT2D eigenvalue weighted by Gasteiger charge is 2.13. The normalized spacial score (nSPS) is 12.5. The van der Waals surface area contributed by atoms with Crippen LogP contribution in [0.5, 0.6) is 0 Å². The van der Waals surface area contributed by atoms with Crippen LogP contribution < -0.4 is 5.32 Å². The maximum atomic E-state index is 12.1. The zero-order valence-corrected chi connectivity index (χ0v) is 11.9. The molecule has 3 nitrogen and oxygen atoms in total. The summed E-state index contributed by atoms with van der Waals surface area (Å²) in [6.07, 6.45) is 1.61. The van der Waals surface area contributed by atoms with Crippen LogP contribution in [0.3, 0.4) is 0 Å². The zero-order valence-electron chi connectivity index (χ0n) is 11.0. The number of hydrogen-bond donors (Lipinski definition) is 1. The van der Waals surface area contributed by atoms with Crippen LogP contribution in [0.4, 0.5) is 0 Å². The van der Waals surface area contributed by atoms with Gasteiger partial charge in [0.25, 0.3) is 5.91 Å². The van der Waals surface area contributed by atoms with E-state index in [1.54, 1.807) is 6.08 Å². The Morgan fingerprint density at radius 1 is 1.30 bits per heavy atom. The van der Waals surface area contributed by atoms with E-state index >= 15 is 0 Å². The Morgan fingerprint density at radius 2 is 2.05 bits per heavy atom. The van der Waals surface area contributed by atoms with Gasteiger partial charge in [0.05, 0.1) is 6.04 Å². The fraction of sp³-hybridized carbons (Fsp3) is 0.125. The Morgan fingerprint density at radius 3 is 2.65 bits per heavy atom. The highest BCUT2D eigenvalue weighted by Crippen LogP contribution is 2.15. The lowest BCUT2D eigenvalue weighted by Gasteiger charge is -2.13. The molecule has 0 saturated heterocycles.